The highest BCUT2D eigenvalue weighted by Crippen LogP contribution is 2.40. The van der Waals surface area contributed by atoms with Gasteiger partial charge in [-0.15, -0.1) is 0 Å². The zero-order valence-corrected chi connectivity index (χ0v) is 15.2. The summed E-state index contributed by atoms with van der Waals surface area (Å²) in [5.74, 6) is 1.73. The molecule has 2 aromatic rings. The minimum Gasteiger partial charge on any atom is -0.353 e. The Bertz CT molecular complexity index is 845. The molecule has 5 nitrogen and oxygen atoms in total. The first-order valence-electron chi connectivity index (χ1n) is 9.94. The molecule has 3 unspecified atom stereocenters. The second-order valence-corrected chi connectivity index (χ2v) is 7.89. The molecule has 26 heavy (non-hydrogen) atoms. The van der Waals surface area contributed by atoms with Crippen molar-refractivity contribution in [2.75, 3.05) is 0 Å². The lowest BCUT2D eigenvalue weighted by atomic mass is 9.69. The Morgan fingerprint density at radius 1 is 1.12 bits per heavy atom. The van der Waals surface area contributed by atoms with Crippen LogP contribution in [0.2, 0.25) is 0 Å². The number of para-hydroxylation sites is 1. The molecule has 0 aliphatic heterocycles. The van der Waals surface area contributed by atoms with E-state index >= 15 is 0 Å². The fourth-order valence-corrected chi connectivity index (χ4v) is 4.79. The normalized spacial score (nSPS) is 25.6. The molecule has 2 fully saturated rings. The van der Waals surface area contributed by atoms with E-state index in [-0.39, 0.29) is 11.5 Å². The van der Waals surface area contributed by atoms with Crippen molar-refractivity contribution in [3.63, 3.8) is 0 Å². The number of nitrogens with one attached hydrogen (secondary N) is 1. The number of aromatic nitrogens is 2. The molecule has 2 aliphatic carbocycles. The van der Waals surface area contributed by atoms with Gasteiger partial charge >= 0.3 is 0 Å². The van der Waals surface area contributed by atoms with Crippen molar-refractivity contribution in [3.05, 3.63) is 40.9 Å². The Labute approximate surface area is 153 Å². The quantitative estimate of drug-likeness (QED) is 0.917. The SMILES string of the molecule is O=C(CCn1cnc2ccccc2c1=O)NC1CCC2CCCCC2C1. The monoisotopic (exact) mass is 353 g/mol. The standard InChI is InChI=1S/C21H27N3O2/c25-20(23-17-10-9-15-5-1-2-6-16(15)13-17)11-12-24-14-22-19-8-4-3-7-18(19)21(24)26/h3-4,7-8,14-17H,1-2,5-6,9-13H2,(H,23,25). The first-order valence-corrected chi connectivity index (χ1v) is 9.94. The molecule has 1 amide bonds. The van der Waals surface area contributed by atoms with Crippen molar-refractivity contribution in [3.8, 4) is 0 Å². The van der Waals surface area contributed by atoms with Crippen molar-refractivity contribution in [1.82, 2.24) is 14.9 Å². The number of amides is 1. The largest absolute Gasteiger partial charge is 0.353 e. The third kappa shape index (κ3) is 3.67. The number of rotatable bonds is 4. The van der Waals surface area contributed by atoms with E-state index in [4.69, 9.17) is 0 Å². The fraction of sp³-hybridized carbons (Fsp3) is 0.571. The minimum absolute atomic E-state index is 0.0457. The summed E-state index contributed by atoms with van der Waals surface area (Å²) in [5.41, 5.74) is 0.619. The van der Waals surface area contributed by atoms with Gasteiger partial charge in [-0.1, -0.05) is 37.8 Å². The average Bonchev–Trinajstić information content (AvgIpc) is 2.67. The summed E-state index contributed by atoms with van der Waals surface area (Å²) in [6.07, 6.45) is 10.8. The second-order valence-electron chi connectivity index (χ2n) is 7.89. The number of benzene rings is 1. The van der Waals surface area contributed by atoms with E-state index < -0.39 is 0 Å². The van der Waals surface area contributed by atoms with Gasteiger partial charge in [-0.25, -0.2) is 4.98 Å². The predicted octanol–water partition coefficient (Wildman–Crippen LogP) is 3.26. The number of carbonyl (C=O) groups excluding carboxylic acids is 1. The molecule has 1 heterocycles. The van der Waals surface area contributed by atoms with Crippen LogP contribution in [0.15, 0.2) is 35.4 Å². The van der Waals surface area contributed by atoms with Crippen LogP contribution in [0.4, 0.5) is 0 Å². The van der Waals surface area contributed by atoms with Crippen LogP contribution in [0.5, 0.6) is 0 Å². The number of nitrogens with zero attached hydrogens (tertiary/aromatic N) is 2. The number of hydrogen-bond acceptors (Lipinski definition) is 3. The highest BCUT2D eigenvalue weighted by Gasteiger charge is 2.32. The first-order chi connectivity index (χ1) is 12.7. The summed E-state index contributed by atoms with van der Waals surface area (Å²) in [7, 11) is 0. The zero-order valence-electron chi connectivity index (χ0n) is 15.2. The molecule has 2 aliphatic rings. The molecule has 0 radical (unpaired) electrons. The van der Waals surface area contributed by atoms with Crippen molar-refractivity contribution < 1.29 is 4.79 Å². The Morgan fingerprint density at radius 2 is 1.92 bits per heavy atom. The lowest BCUT2D eigenvalue weighted by molar-refractivity contribution is -0.122. The lowest BCUT2D eigenvalue weighted by Crippen LogP contribution is -2.42. The van der Waals surface area contributed by atoms with E-state index in [9.17, 15) is 9.59 Å². The average molecular weight is 353 g/mol. The van der Waals surface area contributed by atoms with Crippen LogP contribution in [-0.4, -0.2) is 21.5 Å². The van der Waals surface area contributed by atoms with E-state index in [1.165, 1.54) is 32.1 Å². The van der Waals surface area contributed by atoms with Gasteiger partial charge < -0.3 is 5.32 Å². The van der Waals surface area contributed by atoms with Crippen LogP contribution in [-0.2, 0) is 11.3 Å². The van der Waals surface area contributed by atoms with Gasteiger partial charge in [0.25, 0.3) is 5.56 Å². The van der Waals surface area contributed by atoms with Crippen LogP contribution in [0, 0.1) is 11.8 Å². The summed E-state index contributed by atoms with van der Waals surface area (Å²) in [5, 5.41) is 3.81. The highest BCUT2D eigenvalue weighted by molar-refractivity contribution is 5.77. The maximum absolute atomic E-state index is 12.5. The van der Waals surface area contributed by atoms with Gasteiger partial charge in [0.05, 0.1) is 17.2 Å². The van der Waals surface area contributed by atoms with Crippen molar-refractivity contribution >= 4 is 16.8 Å². The van der Waals surface area contributed by atoms with Gasteiger partial charge in [-0.2, -0.15) is 0 Å². The lowest BCUT2D eigenvalue weighted by Gasteiger charge is -2.39. The Hall–Kier alpha value is -2.17. The van der Waals surface area contributed by atoms with Gasteiger partial charge in [-0.3, -0.25) is 14.2 Å². The Kier molecular flexibility index (Phi) is 5.05. The highest BCUT2D eigenvalue weighted by atomic mass is 16.2. The van der Waals surface area contributed by atoms with E-state index in [0.29, 0.717) is 29.9 Å². The molecule has 0 saturated heterocycles. The molecular weight excluding hydrogens is 326 g/mol. The number of fused-ring (bicyclic) bond motifs is 2. The molecule has 0 spiro atoms. The Balaban J connectivity index is 1.33. The molecule has 5 heteroatoms. The van der Waals surface area contributed by atoms with E-state index in [1.807, 2.05) is 18.2 Å². The zero-order chi connectivity index (χ0) is 17.9. The molecular formula is C21H27N3O2. The van der Waals surface area contributed by atoms with Crippen LogP contribution in [0.1, 0.15) is 51.4 Å². The minimum atomic E-state index is -0.0777. The summed E-state index contributed by atoms with van der Waals surface area (Å²) in [4.78, 5) is 29.2. The molecule has 138 valence electrons. The van der Waals surface area contributed by atoms with E-state index in [0.717, 1.165) is 24.7 Å². The summed E-state index contributed by atoms with van der Waals surface area (Å²) < 4.78 is 1.54. The second kappa shape index (κ2) is 7.60. The predicted molar refractivity (Wildman–Crippen MR) is 102 cm³/mol. The molecule has 3 atom stereocenters. The van der Waals surface area contributed by atoms with Crippen molar-refractivity contribution in [1.29, 1.82) is 0 Å². The van der Waals surface area contributed by atoms with Gasteiger partial charge in [0.1, 0.15) is 0 Å². The number of aryl methyl sites for hydroxylation is 1. The van der Waals surface area contributed by atoms with Gasteiger partial charge in [0.15, 0.2) is 0 Å². The van der Waals surface area contributed by atoms with Crippen LogP contribution in [0.25, 0.3) is 10.9 Å². The van der Waals surface area contributed by atoms with Gasteiger partial charge in [-0.05, 0) is 43.2 Å². The van der Waals surface area contributed by atoms with E-state index in [1.54, 1.807) is 17.0 Å². The maximum Gasteiger partial charge on any atom is 0.261 e. The van der Waals surface area contributed by atoms with Crippen LogP contribution in [0.3, 0.4) is 0 Å². The van der Waals surface area contributed by atoms with Crippen molar-refractivity contribution in [2.24, 2.45) is 11.8 Å². The molecule has 2 saturated carbocycles. The van der Waals surface area contributed by atoms with Crippen molar-refractivity contribution in [2.45, 2.75) is 64.0 Å². The molecule has 1 N–H and O–H groups in total. The van der Waals surface area contributed by atoms with Gasteiger partial charge in [0, 0.05) is 19.0 Å². The van der Waals surface area contributed by atoms with Gasteiger partial charge in [0.2, 0.25) is 5.91 Å². The maximum atomic E-state index is 12.5. The van der Waals surface area contributed by atoms with Crippen LogP contribution >= 0.6 is 0 Å². The Morgan fingerprint density at radius 3 is 2.81 bits per heavy atom. The third-order valence-corrected chi connectivity index (χ3v) is 6.22. The first kappa shape index (κ1) is 17.3. The third-order valence-electron chi connectivity index (χ3n) is 6.22. The molecule has 1 aromatic carbocycles. The molecule has 1 aromatic heterocycles. The smallest absolute Gasteiger partial charge is 0.261 e. The summed E-state index contributed by atoms with van der Waals surface area (Å²) in [6, 6.07) is 7.63. The topological polar surface area (TPSA) is 64.0 Å². The number of carbonyl (C=O) groups is 1. The molecule has 0 bridgehead atoms. The molecule has 4 rings (SSSR count). The fourth-order valence-electron chi connectivity index (χ4n) is 4.79. The van der Waals surface area contributed by atoms with Crippen LogP contribution < -0.4 is 10.9 Å². The summed E-state index contributed by atoms with van der Waals surface area (Å²) in [6.45, 7) is 0.376. The summed E-state index contributed by atoms with van der Waals surface area (Å²) >= 11 is 0. The number of hydrogen-bond donors (Lipinski definition) is 1. The van der Waals surface area contributed by atoms with E-state index in [2.05, 4.69) is 10.3 Å².